The molecule has 2 N–H and O–H groups in total. The highest BCUT2D eigenvalue weighted by Gasteiger charge is 2.28. The van der Waals surface area contributed by atoms with Gasteiger partial charge in [-0.2, -0.15) is 0 Å². The minimum absolute atomic E-state index is 0.0393. The summed E-state index contributed by atoms with van der Waals surface area (Å²) in [6.45, 7) is 3.42. The summed E-state index contributed by atoms with van der Waals surface area (Å²) in [4.78, 5) is 43.7. The lowest BCUT2D eigenvalue weighted by molar-refractivity contribution is -0.131. The number of nitrogens with zero attached hydrogens (tertiary/aromatic N) is 3. The standard InChI is InChI=1S/C35H37N4O5P/c1-37(35(43)39(29-18-11-6-12-19-29)30-22-24-32(25-23-30)45(2,3)44)31(20-13-21-33(40)41)26-36-34(42)38(27-14-7-4-8-15-27)28-16-9-5-10-17-28/h4-19,21-25,31H,20,26H2,1-3H3,(H,36,42)(H,40,41)/b21-13+/t31-/m0/s1. The van der Waals surface area contributed by atoms with Gasteiger partial charge in [0.15, 0.2) is 0 Å². The third kappa shape index (κ3) is 8.71. The highest BCUT2D eigenvalue weighted by Crippen LogP contribution is 2.36. The molecule has 232 valence electrons. The van der Waals surface area contributed by atoms with E-state index < -0.39 is 31.2 Å². The zero-order chi connectivity index (χ0) is 32.4. The fourth-order valence-electron chi connectivity index (χ4n) is 4.75. The minimum atomic E-state index is -2.50. The van der Waals surface area contributed by atoms with Crippen molar-refractivity contribution >= 4 is 53.2 Å². The molecule has 4 amide bonds. The van der Waals surface area contributed by atoms with Gasteiger partial charge in [0.2, 0.25) is 0 Å². The zero-order valence-electron chi connectivity index (χ0n) is 25.5. The first-order valence-corrected chi connectivity index (χ1v) is 17.0. The number of carbonyl (C=O) groups is 3. The molecule has 9 nitrogen and oxygen atoms in total. The van der Waals surface area contributed by atoms with Crippen LogP contribution in [0.25, 0.3) is 0 Å². The Labute approximate surface area is 263 Å². The summed E-state index contributed by atoms with van der Waals surface area (Å²) in [7, 11) is -0.883. The maximum Gasteiger partial charge on any atom is 0.329 e. The van der Waals surface area contributed by atoms with Crippen LogP contribution in [0.3, 0.4) is 0 Å². The maximum atomic E-state index is 14.2. The van der Waals surface area contributed by atoms with Crippen molar-refractivity contribution < 1.29 is 24.1 Å². The molecule has 0 unspecified atom stereocenters. The monoisotopic (exact) mass is 624 g/mol. The molecule has 0 saturated heterocycles. The van der Waals surface area contributed by atoms with Gasteiger partial charge in [0.25, 0.3) is 0 Å². The number of amides is 4. The van der Waals surface area contributed by atoms with E-state index in [0.717, 1.165) is 6.08 Å². The number of benzene rings is 4. The number of carboxylic acid groups (broad SMARTS) is 1. The van der Waals surface area contributed by atoms with Crippen molar-refractivity contribution in [3.8, 4) is 0 Å². The molecular weight excluding hydrogens is 587 g/mol. The average Bonchev–Trinajstić information content (AvgIpc) is 3.04. The van der Waals surface area contributed by atoms with Gasteiger partial charge in [-0.05, 0) is 80.4 Å². The number of hydrogen-bond acceptors (Lipinski definition) is 4. The molecule has 0 spiro atoms. The lowest BCUT2D eigenvalue weighted by atomic mass is 10.1. The Hall–Kier alpha value is -5.14. The Bertz CT molecular complexity index is 1620. The van der Waals surface area contributed by atoms with E-state index in [-0.39, 0.29) is 13.0 Å². The summed E-state index contributed by atoms with van der Waals surface area (Å²) in [6, 6.07) is 33.2. The molecular formula is C35H37N4O5P. The van der Waals surface area contributed by atoms with E-state index >= 15 is 0 Å². The van der Waals surface area contributed by atoms with Crippen LogP contribution in [0.5, 0.6) is 0 Å². The van der Waals surface area contributed by atoms with Crippen molar-refractivity contribution in [2.45, 2.75) is 12.5 Å². The van der Waals surface area contributed by atoms with Crippen molar-refractivity contribution in [2.24, 2.45) is 0 Å². The summed E-state index contributed by atoms with van der Waals surface area (Å²) in [5.41, 5.74) is 2.51. The normalized spacial score (nSPS) is 11.9. The molecule has 0 aliphatic rings. The number of hydrogen-bond donors (Lipinski definition) is 2. The molecule has 0 bridgehead atoms. The van der Waals surface area contributed by atoms with Gasteiger partial charge < -0.3 is 19.9 Å². The predicted octanol–water partition coefficient (Wildman–Crippen LogP) is 7.07. The third-order valence-corrected chi connectivity index (χ3v) is 8.72. The van der Waals surface area contributed by atoms with Crippen LogP contribution in [0, 0.1) is 0 Å². The van der Waals surface area contributed by atoms with Gasteiger partial charge in [0.1, 0.15) is 7.14 Å². The SMILES string of the molecule is CN(C(=O)N(c1ccccc1)c1ccc(P(C)(C)=O)cc1)[C@@H](C/C=C/C(=O)O)CNC(=O)N(c1ccccc1)c1ccccc1. The molecule has 0 radical (unpaired) electrons. The first kappa shape index (κ1) is 32.8. The zero-order valence-corrected chi connectivity index (χ0v) is 26.4. The second kappa shape index (κ2) is 15.0. The van der Waals surface area contributed by atoms with Crippen molar-refractivity contribution in [1.82, 2.24) is 10.2 Å². The second-order valence-electron chi connectivity index (χ2n) is 10.8. The number of rotatable bonds is 11. The lowest BCUT2D eigenvalue weighted by Gasteiger charge is -2.34. The van der Waals surface area contributed by atoms with E-state index in [1.54, 1.807) is 49.5 Å². The molecule has 10 heteroatoms. The minimum Gasteiger partial charge on any atom is -0.478 e. The van der Waals surface area contributed by atoms with E-state index in [1.165, 1.54) is 15.9 Å². The van der Waals surface area contributed by atoms with Gasteiger partial charge in [-0.15, -0.1) is 0 Å². The number of carbonyl (C=O) groups excluding carboxylic acids is 2. The van der Waals surface area contributed by atoms with E-state index in [0.29, 0.717) is 28.1 Å². The largest absolute Gasteiger partial charge is 0.478 e. The maximum absolute atomic E-state index is 14.2. The molecule has 0 fully saturated rings. The molecule has 4 aromatic carbocycles. The van der Waals surface area contributed by atoms with E-state index in [9.17, 15) is 24.1 Å². The van der Waals surface area contributed by atoms with Crippen LogP contribution in [-0.2, 0) is 9.36 Å². The number of carboxylic acids is 1. The number of nitrogens with one attached hydrogen (secondary N) is 1. The number of anilines is 4. The summed E-state index contributed by atoms with van der Waals surface area (Å²) in [5, 5.41) is 12.9. The van der Waals surface area contributed by atoms with Gasteiger partial charge >= 0.3 is 18.0 Å². The second-order valence-corrected chi connectivity index (χ2v) is 14.0. The van der Waals surface area contributed by atoms with Crippen LogP contribution in [0.1, 0.15) is 6.42 Å². The smallest absolute Gasteiger partial charge is 0.329 e. The predicted molar refractivity (Wildman–Crippen MR) is 181 cm³/mol. The van der Waals surface area contributed by atoms with E-state index in [2.05, 4.69) is 5.32 Å². The van der Waals surface area contributed by atoms with Crippen LogP contribution in [0.4, 0.5) is 32.3 Å². The fourth-order valence-corrected chi connectivity index (χ4v) is 5.61. The van der Waals surface area contributed by atoms with Crippen molar-refractivity contribution in [3.63, 3.8) is 0 Å². The Morgan fingerprint density at radius 3 is 1.62 bits per heavy atom. The van der Waals surface area contributed by atoms with Crippen LogP contribution in [-0.4, -0.2) is 61.0 Å². The van der Waals surface area contributed by atoms with Gasteiger partial charge in [-0.3, -0.25) is 9.80 Å². The molecule has 0 aromatic heterocycles. The highest BCUT2D eigenvalue weighted by atomic mass is 31.2. The van der Waals surface area contributed by atoms with Crippen molar-refractivity contribution in [2.75, 3.05) is 36.7 Å². The summed E-state index contributed by atoms with van der Waals surface area (Å²) in [5.74, 6) is -1.11. The number of aliphatic carboxylic acids is 1. The van der Waals surface area contributed by atoms with Gasteiger partial charge in [-0.25, -0.2) is 14.4 Å². The Balaban J connectivity index is 1.63. The van der Waals surface area contributed by atoms with Gasteiger partial charge in [0, 0.05) is 25.0 Å². The van der Waals surface area contributed by atoms with Crippen LogP contribution < -0.4 is 20.4 Å². The summed E-state index contributed by atoms with van der Waals surface area (Å²) in [6.07, 6.45) is 2.66. The Kier molecular flexibility index (Phi) is 11.0. The molecule has 4 aromatic rings. The molecule has 0 aliphatic carbocycles. The average molecular weight is 625 g/mol. The van der Waals surface area contributed by atoms with Crippen molar-refractivity contribution in [1.29, 1.82) is 0 Å². The first-order valence-electron chi connectivity index (χ1n) is 14.4. The molecule has 45 heavy (non-hydrogen) atoms. The molecule has 0 aliphatic heterocycles. The van der Waals surface area contributed by atoms with Crippen LogP contribution >= 0.6 is 7.14 Å². The summed E-state index contributed by atoms with van der Waals surface area (Å²) >= 11 is 0. The van der Waals surface area contributed by atoms with E-state index in [4.69, 9.17) is 0 Å². The first-order chi connectivity index (χ1) is 21.6. The lowest BCUT2D eigenvalue weighted by Crippen LogP contribution is -2.50. The topological polar surface area (TPSA) is 110 Å². The number of urea groups is 2. The molecule has 0 saturated carbocycles. The van der Waals surface area contributed by atoms with Crippen LogP contribution in [0.15, 0.2) is 127 Å². The Morgan fingerprint density at radius 2 is 1.18 bits per heavy atom. The highest BCUT2D eigenvalue weighted by molar-refractivity contribution is 7.70. The number of para-hydroxylation sites is 3. The Morgan fingerprint density at radius 1 is 0.733 bits per heavy atom. The fraction of sp³-hybridized carbons (Fsp3) is 0.171. The molecule has 1 atom stereocenters. The summed E-state index contributed by atoms with van der Waals surface area (Å²) < 4.78 is 12.6. The molecule has 4 rings (SSSR count). The van der Waals surface area contributed by atoms with Crippen molar-refractivity contribution in [3.05, 3.63) is 127 Å². The van der Waals surface area contributed by atoms with E-state index in [1.807, 2.05) is 91.0 Å². The van der Waals surface area contributed by atoms with Gasteiger partial charge in [-0.1, -0.05) is 60.7 Å². The quantitative estimate of drug-likeness (QED) is 0.137. The molecule has 0 heterocycles. The third-order valence-electron chi connectivity index (χ3n) is 7.17. The van der Waals surface area contributed by atoms with Gasteiger partial charge in [0.05, 0.1) is 28.8 Å². The number of likely N-dealkylation sites (N-methyl/N-ethyl adjacent to an activating group) is 1. The van der Waals surface area contributed by atoms with Crippen LogP contribution in [0.2, 0.25) is 0 Å².